The Morgan fingerprint density at radius 3 is 2.76 bits per heavy atom. The van der Waals surface area contributed by atoms with Crippen molar-refractivity contribution >= 4 is 29.0 Å². The first-order valence-corrected chi connectivity index (χ1v) is 6.08. The molecule has 0 aliphatic heterocycles. The molecule has 1 aromatic carbocycles. The number of Topliss-reactive ketones (excluding diaryl/α,β-unsaturated/α-hetero) is 1. The summed E-state index contributed by atoms with van der Waals surface area (Å²) in [6, 6.07) is 4.89. The van der Waals surface area contributed by atoms with E-state index in [1.165, 1.54) is 0 Å². The van der Waals surface area contributed by atoms with Crippen molar-refractivity contribution < 1.29 is 9.53 Å². The van der Waals surface area contributed by atoms with E-state index in [1.807, 2.05) is 0 Å². The third-order valence-electron chi connectivity index (χ3n) is 2.23. The van der Waals surface area contributed by atoms with E-state index in [1.54, 1.807) is 25.3 Å². The lowest BCUT2D eigenvalue weighted by molar-refractivity contribution is 0.0990. The predicted octanol–water partition coefficient (Wildman–Crippen LogP) is 2.80. The summed E-state index contributed by atoms with van der Waals surface area (Å²) < 4.78 is 4.91. The molecule has 0 spiro atoms. The second kappa shape index (κ2) is 7.67. The van der Waals surface area contributed by atoms with Crippen LogP contribution >= 0.6 is 23.2 Å². The Hall–Kier alpha value is -0.610. The van der Waals surface area contributed by atoms with E-state index in [-0.39, 0.29) is 5.78 Å². The SMILES string of the molecule is COCCCNCC(=O)c1ccc(Cl)c(Cl)c1. The molecule has 5 heteroatoms. The quantitative estimate of drug-likeness (QED) is 0.614. The summed E-state index contributed by atoms with van der Waals surface area (Å²) in [5.74, 6) is 0.000911. The van der Waals surface area contributed by atoms with Gasteiger partial charge in [-0.05, 0) is 31.2 Å². The number of hydrogen-bond donors (Lipinski definition) is 1. The summed E-state index contributed by atoms with van der Waals surface area (Å²) in [5.41, 5.74) is 0.568. The Bertz CT molecular complexity index is 383. The Kier molecular flexibility index (Phi) is 6.52. The molecule has 0 aliphatic carbocycles. The first-order chi connectivity index (χ1) is 8.15. The first kappa shape index (κ1) is 14.5. The summed E-state index contributed by atoms with van der Waals surface area (Å²) in [6.45, 7) is 1.73. The van der Waals surface area contributed by atoms with Gasteiger partial charge in [0.05, 0.1) is 16.6 Å². The zero-order chi connectivity index (χ0) is 12.7. The average Bonchev–Trinajstić information content (AvgIpc) is 2.32. The van der Waals surface area contributed by atoms with Crippen LogP contribution in [0, 0.1) is 0 Å². The molecule has 0 aromatic heterocycles. The van der Waals surface area contributed by atoms with Gasteiger partial charge in [-0.25, -0.2) is 0 Å². The molecule has 0 saturated heterocycles. The van der Waals surface area contributed by atoms with Crippen LogP contribution in [0.1, 0.15) is 16.8 Å². The summed E-state index contributed by atoms with van der Waals surface area (Å²) in [6.07, 6.45) is 0.880. The van der Waals surface area contributed by atoms with Crippen LogP contribution in [-0.4, -0.2) is 32.6 Å². The zero-order valence-electron chi connectivity index (χ0n) is 9.63. The maximum absolute atomic E-state index is 11.7. The number of ketones is 1. The molecule has 0 saturated carbocycles. The molecule has 1 N–H and O–H groups in total. The number of benzene rings is 1. The molecule has 94 valence electrons. The Labute approximate surface area is 111 Å². The fourth-order valence-electron chi connectivity index (χ4n) is 1.32. The van der Waals surface area contributed by atoms with Crippen molar-refractivity contribution in [1.29, 1.82) is 0 Å². The highest BCUT2D eigenvalue weighted by molar-refractivity contribution is 6.42. The van der Waals surface area contributed by atoms with Crippen LogP contribution in [0.5, 0.6) is 0 Å². The molecule has 0 amide bonds. The van der Waals surface area contributed by atoms with Crippen LogP contribution in [-0.2, 0) is 4.74 Å². The molecule has 0 aliphatic rings. The van der Waals surface area contributed by atoms with E-state index in [4.69, 9.17) is 27.9 Å². The Balaban J connectivity index is 2.39. The lowest BCUT2D eigenvalue weighted by Gasteiger charge is -2.05. The predicted molar refractivity (Wildman–Crippen MR) is 70.2 cm³/mol. The zero-order valence-corrected chi connectivity index (χ0v) is 11.1. The lowest BCUT2D eigenvalue weighted by Crippen LogP contribution is -2.24. The number of carbonyl (C=O) groups excluding carboxylic acids is 1. The molecule has 0 unspecified atom stereocenters. The minimum Gasteiger partial charge on any atom is -0.385 e. The van der Waals surface area contributed by atoms with Crippen molar-refractivity contribution in [2.45, 2.75) is 6.42 Å². The summed E-state index contributed by atoms with van der Waals surface area (Å²) >= 11 is 11.6. The molecule has 0 fully saturated rings. The van der Waals surface area contributed by atoms with Gasteiger partial charge in [0.2, 0.25) is 0 Å². The average molecular weight is 276 g/mol. The molecular formula is C12H15Cl2NO2. The number of rotatable bonds is 7. The van der Waals surface area contributed by atoms with Crippen molar-refractivity contribution in [2.75, 3.05) is 26.8 Å². The molecular weight excluding hydrogens is 261 g/mol. The lowest BCUT2D eigenvalue weighted by atomic mass is 10.1. The Morgan fingerprint density at radius 2 is 2.12 bits per heavy atom. The van der Waals surface area contributed by atoms with E-state index in [0.717, 1.165) is 13.0 Å². The van der Waals surface area contributed by atoms with Crippen LogP contribution < -0.4 is 5.32 Å². The van der Waals surface area contributed by atoms with Gasteiger partial charge in [0.15, 0.2) is 5.78 Å². The molecule has 17 heavy (non-hydrogen) atoms. The number of ether oxygens (including phenoxy) is 1. The van der Waals surface area contributed by atoms with Gasteiger partial charge in [-0.3, -0.25) is 4.79 Å². The van der Waals surface area contributed by atoms with E-state index in [2.05, 4.69) is 5.32 Å². The molecule has 3 nitrogen and oxygen atoms in total. The van der Waals surface area contributed by atoms with Gasteiger partial charge in [0.1, 0.15) is 0 Å². The third-order valence-corrected chi connectivity index (χ3v) is 2.97. The van der Waals surface area contributed by atoms with E-state index in [9.17, 15) is 4.79 Å². The highest BCUT2D eigenvalue weighted by atomic mass is 35.5. The highest BCUT2D eigenvalue weighted by Gasteiger charge is 2.07. The second-order valence-corrected chi connectivity index (χ2v) is 4.39. The van der Waals surface area contributed by atoms with Crippen molar-refractivity contribution in [1.82, 2.24) is 5.32 Å². The molecule has 0 radical (unpaired) electrons. The normalized spacial score (nSPS) is 10.5. The summed E-state index contributed by atoms with van der Waals surface area (Å²) in [4.78, 5) is 11.7. The fourth-order valence-corrected chi connectivity index (χ4v) is 1.61. The van der Waals surface area contributed by atoms with Crippen LogP contribution in [0.25, 0.3) is 0 Å². The van der Waals surface area contributed by atoms with Gasteiger partial charge in [-0.15, -0.1) is 0 Å². The molecule has 0 bridgehead atoms. The minimum absolute atomic E-state index is 0.000911. The summed E-state index contributed by atoms with van der Waals surface area (Å²) in [7, 11) is 1.65. The minimum atomic E-state index is 0.000911. The highest BCUT2D eigenvalue weighted by Crippen LogP contribution is 2.22. The number of methoxy groups -OCH3 is 1. The van der Waals surface area contributed by atoms with Crippen molar-refractivity contribution in [3.05, 3.63) is 33.8 Å². The van der Waals surface area contributed by atoms with Crippen LogP contribution in [0.2, 0.25) is 10.0 Å². The number of hydrogen-bond acceptors (Lipinski definition) is 3. The smallest absolute Gasteiger partial charge is 0.176 e. The van der Waals surface area contributed by atoms with Crippen LogP contribution in [0.15, 0.2) is 18.2 Å². The van der Waals surface area contributed by atoms with Gasteiger partial charge in [0.25, 0.3) is 0 Å². The third kappa shape index (κ3) is 5.04. The molecule has 1 rings (SSSR count). The molecule has 0 atom stereocenters. The van der Waals surface area contributed by atoms with E-state index >= 15 is 0 Å². The molecule has 0 heterocycles. The first-order valence-electron chi connectivity index (χ1n) is 5.33. The van der Waals surface area contributed by atoms with E-state index < -0.39 is 0 Å². The van der Waals surface area contributed by atoms with Gasteiger partial charge in [0, 0.05) is 19.3 Å². The van der Waals surface area contributed by atoms with Crippen molar-refractivity contribution in [3.8, 4) is 0 Å². The maximum atomic E-state index is 11.7. The van der Waals surface area contributed by atoms with Gasteiger partial charge in [-0.1, -0.05) is 23.2 Å². The second-order valence-electron chi connectivity index (χ2n) is 3.58. The maximum Gasteiger partial charge on any atom is 0.176 e. The number of carbonyl (C=O) groups is 1. The van der Waals surface area contributed by atoms with Gasteiger partial charge < -0.3 is 10.1 Å². The molecule has 1 aromatic rings. The topological polar surface area (TPSA) is 38.3 Å². The Morgan fingerprint density at radius 1 is 1.35 bits per heavy atom. The van der Waals surface area contributed by atoms with Crippen molar-refractivity contribution in [3.63, 3.8) is 0 Å². The van der Waals surface area contributed by atoms with Gasteiger partial charge in [-0.2, -0.15) is 0 Å². The van der Waals surface area contributed by atoms with Crippen LogP contribution in [0.3, 0.4) is 0 Å². The summed E-state index contributed by atoms with van der Waals surface area (Å²) in [5, 5.41) is 3.90. The van der Waals surface area contributed by atoms with E-state index in [0.29, 0.717) is 28.8 Å². The fraction of sp³-hybridized carbons (Fsp3) is 0.417. The largest absolute Gasteiger partial charge is 0.385 e. The van der Waals surface area contributed by atoms with Crippen LogP contribution in [0.4, 0.5) is 0 Å². The standard InChI is InChI=1S/C12H15Cl2NO2/c1-17-6-2-5-15-8-12(16)9-3-4-10(13)11(14)7-9/h3-4,7,15H,2,5-6,8H2,1H3. The number of halogens is 2. The monoisotopic (exact) mass is 275 g/mol. The van der Waals surface area contributed by atoms with Crippen molar-refractivity contribution in [2.24, 2.45) is 0 Å². The number of nitrogens with one attached hydrogen (secondary N) is 1. The van der Waals surface area contributed by atoms with Gasteiger partial charge >= 0.3 is 0 Å².